The Balaban J connectivity index is 1.53. The molecule has 29 heavy (non-hydrogen) atoms. The minimum atomic E-state index is -0.353. The number of carbonyl (C=O) groups is 1. The monoisotopic (exact) mass is 389 g/mol. The number of amides is 2. The molecule has 7 heteroatoms. The van der Waals surface area contributed by atoms with Crippen molar-refractivity contribution in [2.45, 2.75) is 19.4 Å². The molecular formula is C22H25N6O+. The van der Waals surface area contributed by atoms with Gasteiger partial charge >= 0.3 is 6.03 Å². The first-order chi connectivity index (χ1) is 14.0. The number of fused-ring (bicyclic) bond motifs is 3. The Morgan fingerprint density at radius 2 is 1.79 bits per heavy atom. The van der Waals surface area contributed by atoms with Gasteiger partial charge in [0.15, 0.2) is 5.82 Å². The number of hydrogen-bond acceptors (Lipinski definition) is 4. The summed E-state index contributed by atoms with van der Waals surface area (Å²) in [5, 5.41) is 1.04. The number of aromatic nitrogens is 3. The Bertz CT molecular complexity index is 1170. The van der Waals surface area contributed by atoms with Gasteiger partial charge < -0.3 is 16.0 Å². The second kappa shape index (κ2) is 7.52. The van der Waals surface area contributed by atoms with Crippen molar-refractivity contribution in [3.05, 3.63) is 60.9 Å². The Labute approximate surface area is 169 Å². The number of pyridine rings is 1. The van der Waals surface area contributed by atoms with Crippen LogP contribution < -0.4 is 16.0 Å². The van der Waals surface area contributed by atoms with Gasteiger partial charge in [-0.15, -0.1) is 0 Å². The van der Waals surface area contributed by atoms with Crippen LogP contribution in [-0.4, -0.2) is 34.2 Å². The fourth-order valence-corrected chi connectivity index (χ4v) is 3.81. The summed E-state index contributed by atoms with van der Waals surface area (Å²) in [5.41, 5.74) is 15.3. The van der Waals surface area contributed by atoms with Gasteiger partial charge in [0.1, 0.15) is 11.2 Å². The number of carbonyl (C=O) groups excluding carboxylic acids is 1. The molecule has 2 aromatic heterocycles. The molecule has 148 valence electrons. The Morgan fingerprint density at radius 1 is 1.07 bits per heavy atom. The Kier molecular flexibility index (Phi) is 4.90. The molecule has 2 heterocycles. The normalized spacial score (nSPS) is 13.6. The molecule has 2 aromatic carbocycles. The van der Waals surface area contributed by atoms with E-state index >= 15 is 0 Å². The van der Waals surface area contributed by atoms with Crippen LogP contribution in [-0.2, 0) is 6.54 Å². The van der Waals surface area contributed by atoms with Crippen molar-refractivity contribution >= 4 is 39.5 Å². The zero-order valence-electron chi connectivity index (χ0n) is 16.5. The number of urea groups is 1. The third kappa shape index (κ3) is 3.40. The van der Waals surface area contributed by atoms with Crippen LogP contribution >= 0.6 is 0 Å². The highest BCUT2D eigenvalue weighted by Gasteiger charge is 2.31. The molecule has 0 aliphatic heterocycles. The third-order valence-corrected chi connectivity index (χ3v) is 5.55. The van der Waals surface area contributed by atoms with E-state index in [0.29, 0.717) is 12.4 Å². The summed E-state index contributed by atoms with van der Waals surface area (Å²) >= 11 is 0. The minimum Gasteiger partial charge on any atom is -0.382 e. The highest BCUT2D eigenvalue weighted by Crippen LogP contribution is 2.27. The molecule has 0 aliphatic carbocycles. The lowest BCUT2D eigenvalue weighted by Gasteiger charge is -2.29. The maximum absolute atomic E-state index is 12.2. The van der Waals surface area contributed by atoms with Gasteiger partial charge in [0, 0.05) is 11.9 Å². The molecule has 1 unspecified atom stereocenters. The van der Waals surface area contributed by atoms with E-state index in [-0.39, 0.29) is 10.5 Å². The van der Waals surface area contributed by atoms with Crippen LogP contribution in [0.1, 0.15) is 12.8 Å². The first-order valence-electron chi connectivity index (χ1n) is 9.71. The summed E-state index contributed by atoms with van der Waals surface area (Å²) in [6.07, 6.45) is 3.54. The highest BCUT2D eigenvalue weighted by atomic mass is 16.2. The average Bonchev–Trinajstić information content (AvgIpc) is 3.16. The SMILES string of the molecule is C[N+](CCCCn1cnc2c(N)nc3ccccc3c21)(C(N)=O)c1ccccc1. The number of nitrogens with zero attached hydrogens (tertiary/aromatic N) is 4. The number of anilines is 1. The van der Waals surface area contributed by atoms with E-state index in [9.17, 15) is 4.79 Å². The van der Waals surface area contributed by atoms with Gasteiger partial charge in [-0.05, 0) is 31.0 Å². The summed E-state index contributed by atoms with van der Waals surface area (Å²) in [6.45, 7) is 1.41. The van der Waals surface area contributed by atoms with Crippen molar-refractivity contribution in [1.29, 1.82) is 0 Å². The van der Waals surface area contributed by atoms with E-state index < -0.39 is 0 Å². The van der Waals surface area contributed by atoms with Crippen LogP contribution in [0.4, 0.5) is 16.3 Å². The maximum atomic E-state index is 12.2. The zero-order valence-corrected chi connectivity index (χ0v) is 16.5. The van der Waals surface area contributed by atoms with Gasteiger partial charge in [-0.2, -0.15) is 0 Å². The molecule has 4 rings (SSSR count). The maximum Gasteiger partial charge on any atom is 0.418 e. The lowest BCUT2D eigenvalue weighted by molar-refractivity contribution is 0.217. The van der Waals surface area contributed by atoms with Crippen molar-refractivity contribution in [2.24, 2.45) is 5.73 Å². The molecule has 4 aromatic rings. The van der Waals surface area contributed by atoms with Gasteiger partial charge in [-0.1, -0.05) is 36.4 Å². The van der Waals surface area contributed by atoms with Gasteiger partial charge in [-0.3, -0.25) is 0 Å². The topological polar surface area (TPSA) is 99.8 Å². The predicted molar refractivity (Wildman–Crippen MR) is 117 cm³/mol. The van der Waals surface area contributed by atoms with Gasteiger partial charge in [0.05, 0.1) is 31.0 Å². The van der Waals surface area contributed by atoms with Crippen molar-refractivity contribution in [1.82, 2.24) is 19.0 Å². The standard InChI is InChI=1S/C22H24N6O/c1-28(22(24)29,16-9-3-2-4-10-16)14-8-7-13-27-15-25-19-20(27)17-11-5-6-12-18(17)26-21(19)23/h2-6,9-12,15H,7-8,13-14H2,1H3,(H3-,23,24,26,29)/p+1. The second-order valence-corrected chi connectivity index (χ2v) is 7.45. The summed E-state index contributed by atoms with van der Waals surface area (Å²) in [6, 6.07) is 17.3. The number of aryl methyl sites for hydroxylation is 1. The average molecular weight is 389 g/mol. The van der Waals surface area contributed by atoms with E-state index in [2.05, 4.69) is 14.5 Å². The summed E-state index contributed by atoms with van der Waals surface area (Å²) < 4.78 is 2.21. The second-order valence-electron chi connectivity index (χ2n) is 7.45. The molecule has 1 atom stereocenters. The van der Waals surface area contributed by atoms with E-state index in [1.54, 1.807) is 0 Å². The number of nitrogen functional groups attached to an aromatic ring is 1. The fourth-order valence-electron chi connectivity index (χ4n) is 3.81. The van der Waals surface area contributed by atoms with Crippen LogP contribution in [0.3, 0.4) is 0 Å². The number of unbranched alkanes of at least 4 members (excludes halogenated alkanes) is 1. The first kappa shape index (κ1) is 18.9. The van der Waals surface area contributed by atoms with Crippen molar-refractivity contribution in [3.8, 4) is 0 Å². The van der Waals surface area contributed by atoms with Crippen molar-refractivity contribution in [2.75, 3.05) is 19.3 Å². The Morgan fingerprint density at radius 3 is 2.55 bits per heavy atom. The lowest BCUT2D eigenvalue weighted by Crippen LogP contribution is -2.54. The van der Waals surface area contributed by atoms with E-state index in [1.807, 2.05) is 68.0 Å². The van der Waals surface area contributed by atoms with Crippen LogP contribution in [0, 0.1) is 0 Å². The fraction of sp³-hybridized carbons (Fsp3) is 0.227. The first-order valence-corrected chi connectivity index (χ1v) is 9.71. The summed E-state index contributed by atoms with van der Waals surface area (Å²) in [5.74, 6) is 0.444. The molecule has 0 radical (unpaired) electrons. The number of para-hydroxylation sites is 2. The number of hydrogen-bond donors (Lipinski definition) is 2. The summed E-state index contributed by atoms with van der Waals surface area (Å²) in [7, 11) is 1.87. The minimum absolute atomic E-state index is 0.0886. The van der Waals surface area contributed by atoms with Gasteiger partial charge in [0.25, 0.3) is 0 Å². The van der Waals surface area contributed by atoms with Gasteiger partial charge in [-0.25, -0.2) is 19.2 Å². The number of benzene rings is 2. The lowest BCUT2D eigenvalue weighted by atomic mass is 10.1. The smallest absolute Gasteiger partial charge is 0.382 e. The molecular weight excluding hydrogens is 364 g/mol. The molecule has 0 spiro atoms. The van der Waals surface area contributed by atoms with Gasteiger partial charge in [0.2, 0.25) is 0 Å². The van der Waals surface area contributed by atoms with Crippen LogP contribution in [0.15, 0.2) is 60.9 Å². The number of quaternary nitrogens is 1. The molecule has 4 N–H and O–H groups in total. The molecule has 0 aliphatic rings. The highest BCUT2D eigenvalue weighted by molar-refractivity contribution is 6.06. The predicted octanol–water partition coefficient (Wildman–Crippen LogP) is 3.66. The zero-order chi connectivity index (χ0) is 20.4. The van der Waals surface area contributed by atoms with Crippen molar-refractivity contribution in [3.63, 3.8) is 0 Å². The van der Waals surface area contributed by atoms with Crippen LogP contribution in [0.5, 0.6) is 0 Å². The Hall–Kier alpha value is -3.45. The molecule has 0 saturated heterocycles. The molecule has 0 saturated carbocycles. The molecule has 7 nitrogen and oxygen atoms in total. The quantitative estimate of drug-likeness (QED) is 0.388. The number of imidazole rings is 1. The van der Waals surface area contributed by atoms with Crippen molar-refractivity contribution < 1.29 is 4.79 Å². The number of nitrogens with two attached hydrogens (primary N) is 2. The molecule has 2 amide bonds. The number of primary amides is 1. The van der Waals surface area contributed by atoms with Crippen LogP contribution in [0.25, 0.3) is 21.9 Å². The molecule has 0 bridgehead atoms. The van der Waals surface area contributed by atoms with E-state index in [4.69, 9.17) is 11.5 Å². The van der Waals surface area contributed by atoms with Crippen LogP contribution in [0.2, 0.25) is 0 Å². The number of rotatable bonds is 6. The van der Waals surface area contributed by atoms with E-state index in [0.717, 1.165) is 47.0 Å². The molecule has 0 fully saturated rings. The third-order valence-electron chi connectivity index (χ3n) is 5.55. The summed E-state index contributed by atoms with van der Waals surface area (Å²) in [4.78, 5) is 21.1. The van der Waals surface area contributed by atoms with E-state index in [1.165, 1.54) is 0 Å². The largest absolute Gasteiger partial charge is 0.418 e.